The molecule has 2 aliphatic heterocycles. The molecule has 5 nitrogen and oxygen atoms in total. The largest absolute Gasteiger partial charge is 0.463 e. The molecule has 1 aromatic heterocycles. The lowest BCUT2D eigenvalue weighted by Crippen LogP contribution is -3.12. The summed E-state index contributed by atoms with van der Waals surface area (Å²) in [6, 6.07) is 13.6. The number of quaternary nitrogens is 1. The van der Waals surface area contributed by atoms with Crippen LogP contribution in [0.3, 0.4) is 0 Å². The number of nitrogens with one attached hydrogen (secondary N) is 1. The molecule has 1 aromatic carbocycles. The number of hydrogen-bond acceptors (Lipinski definition) is 4. The predicted octanol–water partition coefficient (Wildman–Crippen LogP) is 2.73. The van der Waals surface area contributed by atoms with Crippen molar-refractivity contribution in [2.75, 3.05) is 12.5 Å². The van der Waals surface area contributed by atoms with Crippen LogP contribution in [-0.2, 0) is 11.3 Å². The van der Waals surface area contributed by atoms with Gasteiger partial charge in [-0.05, 0) is 41.6 Å². The van der Waals surface area contributed by atoms with Crippen molar-refractivity contribution in [3.63, 3.8) is 0 Å². The third-order valence-corrected chi connectivity index (χ3v) is 6.21. The number of carbonyl (C=O) groups is 1. The van der Waals surface area contributed by atoms with Gasteiger partial charge in [-0.25, -0.2) is 0 Å². The Morgan fingerprint density at radius 2 is 2.15 bits per heavy atom. The van der Waals surface area contributed by atoms with Crippen LogP contribution in [0.5, 0.6) is 0 Å². The molecule has 0 aliphatic carbocycles. The second-order valence-electron chi connectivity index (χ2n) is 6.41. The first-order valence-corrected chi connectivity index (χ1v) is 9.71. The molecule has 26 heavy (non-hydrogen) atoms. The van der Waals surface area contributed by atoms with Gasteiger partial charge in [0.05, 0.1) is 17.9 Å². The summed E-state index contributed by atoms with van der Waals surface area (Å²) in [7, 11) is 0. The summed E-state index contributed by atoms with van der Waals surface area (Å²) in [4.78, 5) is 15.8. The number of halogens is 1. The first-order chi connectivity index (χ1) is 12.7. The Bertz CT molecular complexity index is 887. The molecule has 3 heterocycles. The lowest BCUT2D eigenvalue weighted by atomic mass is 9.86. The van der Waals surface area contributed by atoms with Gasteiger partial charge in [-0.2, -0.15) is 5.26 Å². The number of nitriles is 1. The zero-order valence-corrected chi connectivity index (χ0v) is 15.5. The van der Waals surface area contributed by atoms with E-state index in [0.717, 1.165) is 28.8 Å². The van der Waals surface area contributed by atoms with Gasteiger partial charge in [0.2, 0.25) is 5.91 Å². The molecule has 1 saturated heterocycles. The van der Waals surface area contributed by atoms with Gasteiger partial charge < -0.3 is 9.32 Å². The van der Waals surface area contributed by atoms with Gasteiger partial charge in [0.1, 0.15) is 17.5 Å². The van der Waals surface area contributed by atoms with Crippen LogP contribution in [-0.4, -0.2) is 23.4 Å². The van der Waals surface area contributed by atoms with Crippen molar-refractivity contribution in [1.29, 1.82) is 5.26 Å². The molecule has 1 unspecified atom stereocenters. The lowest BCUT2D eigenvalue weighted by molar-refractivity contribution is -0.911. The van der Waals surface area contributed by atoms with Crippen molar-refractivity contribution in [2.45, 2.75) is 18.9 Å². The zero-order valence-electron chi connectivity index (χ0n) is 13.9. The number of allylic oxidation sites excluding steroid dienone is 1. The minimum absolute atomic E-state index is 0.0584. The van der Waals surface area contributed by atoms with E-state index < -0.39 is 0 Å². The number of furan rings is 1. The van der Waals surface area contributed by atoms with Crippen molar-refractivity contribution in [1.82, 2.24) is 4.90 Å². The molecular weight excluding hydrogens is 370 g/mol. The average molecular weight is 387 g/mol. The molecule has 2 atom stereocenters. The summed E-state index contributed by atoms with van der Waals surface area (Å²) >= 11 is 7.54. The number of carbonyl (C=O) groups excluding carboxylic acids is 1. The fourth-order valence-electron chi connectivity index (χ4n) is 3.42. The van der Waals surface area contributed by atoms with Gasteiger partial charge in [0.25, 0.3) is 0 Å². The number of amides is 1. The van der Waals surface area contributed by atoms with Gasteiger partial charge in [-0.3, -0.25) is 9.69 Å². The maximum Gasteiger partial charge on any atom is 0.232 e. The van der Waals surface area contributed by atoms with E-state index in [1.54, 1.807) is 35.1 Å². The normalized spacial score (nSPS) is 22.9. The molecule has 0 saturated carbocycles. The van der Waals surface area contributed by atoms with Gasteiger partial charge in [-0.15, -0.1) is 0 Å². The van der Waals surface area contributed by atoms with E-state index in [0.29, 0.717) is 23.7 Å². The zero-order chi connectivity index (χ0) is 18.1. The molecule has 1 fully saturated rings. The Hall–Kier alpha value is -2.20. The van der Waals surface area contributed by atoms with E-state index in [4.69, 9.17) is 16.0 Å². The quantitative estimate of drug-likeness (QED) is 0.881. The van der Waals surface area contributed by atoms with Crippen LogP contribution < -0.4 is 4.90 Å². The van der Waals surface area contributed by atoms with E-state index in [-0.39, 0.29) is 11.8 Å². The molecular formula is C19H17ClN3O2S+. The van der Waals surface area contributed by atoms with Crippen LogP contribution in [0.1, 0.15) is 23.7 Å². The Kier molecular flexibility index (Phi) is 4.77. The molecule has 0 bridgehead atoms. The van der Waals surface area contributed by atoms with Crippen LogP contribution in [0.2, 0.25) is 5.02 Å². The second-order valence-corrected chi connectivity index (χ2v) is 7.81. The van der Waals surface area contributed by atoms with E-state index in [1.165, 1.54) is 4.90 Å². The van der Waals surface area contributed by atoms with Crippen LogP contribution >= 0.6 is 23.4 Å². The number of fused-ring (bicyclic) bond motifs is 1. The Balaban J connectivity index is 1.60. The van der Waals surface area contributed by atoms with E-state index >= 15 is 0 Å². The molecule has 1 N–H and O–H groups in total. The van der Waals surface area contributed by atoms with Gasteiger partial charge in [-0.1, -0.05) is 23.7 Å². The maximum absolute atomic E-state index is 12.8. The highest BCUT2D eigenvalue weighted by molar-refractivity contribution is 8.02. The van der Waals surface area contributed by atoms with Crippen molar-refractivity contribution >= 4 is 29.3 Å². The third kappa shape index (κ3) is 3.26. The van der Waals surface area contributed by atoms with Crippen molar-refractivity contribution in [2.24, 2.45) is 0 Å². The molecule has 7 heteroatoms. The third-order valence-electron chi connectivity index (χ3n) is 4.70. The second kappa shape index (κ2) is 7.20. The minimum atomic E-state index is -0.199. The molecule has 0 spiro atoms. The van der Waals surface area contributed by atoms with Crippen LogP contribution in [0, 0.1) is 11.3 Å². The highest BCUT2D eigenvalue weighted by atomic mass is 35.5. The number of thioether (sulfide) groups is 1. The molecule has 4 rings (SSSR count). The summed E-state index contributed by atoms with van der Waals surface area (Å²) in [6.45, 7) is 1.28. The Morgan fingerprint density at radius 1 is 1.35 bits per heavy atom. The topological polar surface area (TPSA) is 61.7 Å². The SMILES string of the molecule is N#CC1=C2SC[NH+](Cc3ccco3)CN2C(=O)C[C@@H]1c1ccc(Cl)cc1. The number of nitrogens with zero attached hydrogens (tertiary/aromatic N) is 2. The standard InChI is InChI=1S/C19H16ClN3O2S/c20-14-5-3-13(4-6-14)16-8-18(24)23-11-22(10-15-2-1-7-25-15)12-26-19(23)17(16)9-21/h1-7,16H,8,10-12H2/p+1/t16-/m1/s1. The highest BCUT2D eigenvalue weighted by Crippen LogP contribution is 2.40. The number of rotatable bonds is 3. The van der Waals surface area contributed by atoms with Crippen molar-refractivity contribution in [3.8, 4) is 6.07 Å². The van der Waals surface area contributed by atoms with Gasteiger partial charge in [0.15, 0.2) is 12.4 Å². The average Bonchev–Trinajstić information content (AvgIpc) is 3.15. The summed E-state index contributed by atoms with van der Waals surface area (Å²) in [6.07, 6.45) is 1.97. The summed E-state index contributed by atoms with van der Waals surface area (Å²) in [5, 5.41) is 11.2. The summed E-state index contributed by atoms with van der Waals surface area (Å²) in [5.41, 5.74) is 1.63. The Morgan fingerprint density at radius 3 is 2.85 bits per heavy atom. The summed E-state index contributed by atoms with van der Waals surface area (Å²) in [5.74, 6) is 1.55. The monoisotopic (exact) mass is 386 g/mol. The molecule has 132 valence electrons. The highest BCUT2D eigenvalue weighted by Gasteiger charge is 2.39. The molecule has 0 radical (unpaired) electrons. The summed E-state index contributed by atoms with van der Waals surface area (Å²) < 4.78 is 5.42. The van der Waals surface area contributed by atoms with Crippen LogP contribution in [0.25, 0.3) is 0 Å². The first-order valence-electron chi connectivity index (χ1n) is 8.34. The molecule has 2 aliphatic rings. The minimum Gasteiger partial charge on any atom is -0.463 e. The smallest absolute Gasteiger partial charge is 0.232 e. The van der Waals surface area contributed by atoms with Gasteiger partial charge in [0, 0.05) is 17.4 Å². The maximum atomic E-state index is 12.8. The van der Waals surface area contributed by atoms with Crippen LogP contribution in [0.15, 0.2) is 57.7 Å². The molecule has 2 aromatic rings. The molecule has 1 amide bonds. The van der Waals surface area contributed by atoms with E-state index in [9.17, 15) is 10.1 Å². The fourth-order valence-corrected chi connectivity index (χ4v) is 4.75. The Labute approximate surface area is 160 Å². The van der Waals surface area contributed by atoms with Crippen LogP contribution in [0.4, 0.5) is 0 Å². The van der Waals surface area contributed by atoms with E-state index in [2.05, 4.69) is 6.07 Å². The lowest BCUT2D eigenvalue weighted by Gasteiger charge is -2.38. The fraction of sp³-hybridized carbons (Fsp3) is 0.263. The van der Waals surface area contributed by atoms with Crippen molar-refractivity contribution < 1.29 is 14.1 Å². The predicted molar refractivity (Wildman–Crippen MR) is 99.0 cm³/mol. The number of benzene rings is 1. The van der Waals surface area contributed by atoms with E-state index in [1.807, 2.05) is 24.3 Å². The van der Waals surface area contributed by atoms with Gasteiger partial charge >= 0.3 is 0 Å². The number of hydrogen-bond donors (Lipinski definition) is 1. The first kappa shape index (κ1) is 17.2. The van der Waals surface area contributed by atoms with Crippen molar-refractivity contribution in [3.05, 3.63) is 69.6 Å².